The van der Waals surface area contributed by atoms with Crippen LogP contribution in [0.5, 0.6) is 0 Å². The summed E-state index contributed by atoms with van der Waals surface area (Å²) in [5.41, 5.74) is 6.51. The molecule has 0 radical (unpaired) electrons. The number of aliphatic carboxylic acids is 1. The van der Waals surface area contributed by atoms with Gasteiger partial charge < -0.3 is 21.1 Å². The Balaban J connectivity index is 0.000000221. The number of benzene rings is 1. The van der Waals surface area contributed by atoms with E-state index >= 15 is 0 Å². The van der Waals surface area contributed by atoms with E-state index in [2.05, 4.69) is 40.5 Å². The third kappa shape index (κ3) is 5.59. The van der Waals surface area contributed by atoms with Gasteiger partial charge in [-0.2, -0.15) is 0 Å². The lowest BCUT2D eigenvalue weighted by molar-refractivity contribution is -0.139. The van der Waals surface area contributed by atoms with Crippen molar-refractivity contribution in [2.24, 2.45) is 11.7 Å². The van der Waals surface area contributed by atoms with Crippen LogP contribution >= 0.6 is 0 Å². The van der Waals surface area contributed by atoms with Crippen molar-refractivity contribution in [3.8, 4) is 0 Å². The predicted molar refractivity (Wildman–Crippen MR) is 82.0 cm³/mol. The van der Waals surface area contributed by atoms with Crippen LogP contribution in [0.3, 0.4) is 0 Å². The maximum absolute atomic E-state index is 10.0. The summed E-state index contributed by atoms with van der Waals surface area (Å²) in [6.45, 7) is 8.02. The van der Waals surface area contributed by atoms with Gasteiger partial charge >= 0.3 is 5.97 Å². The van der Waals surface area contributed by atoms with Crippen LogP contribution in [0.4, 0.5) is 5.69 Å². The van der Waals surface area contributed by atoms with E-state index in [1.165, 1.54) is 5.69 Å². The zero-order valence-corrected chi connectivity index (χ0v) is 12.2. The smallest absolute Gasteiger partial charge is 0.320 e. The van der Waals surface area contributed by atoms with E-state index in [0.29, 0.717) is 0 Å². The van der Waals surface area contributed by atoms with Gasteiger partial charge in [0.25, 0.3) is 0 Å². The molecule has 5 heteroatoms. The van der Waals surface area contributed by atoms with Crippen LogP contribution in [0.15, 0.2) is 30.3 Å². The summed E-state index contributed by atoms with van der Waals surface area (Å²) in [6, 6.07) is 9.88. The van der Waals surface area contributed by atoms with Crippen LogP contribution < -0.4 is 16.0 Å². The summed E-state index contributed by atoms with van der Waals surface area (Å²) >= 11 is 0. The average Bonchev–Trinajstić information content (AvgIpc) is 2.48. The molecule has 20 heavy (non-hydrogen) atoms. The minimum absolute atomic E-state index is 0.0208. The lowest BCUT2D eigenvalue weighted by atomic mass is 10.1. The van der Waals surface area contributed by atoms with Crippen molar-refractivity contribution >= 4 is 11.7 Å². The van der Waals surface area contributed by atoms with Crippen molar-refractivity contribution < 1.29 is 9.90 Å². The number of anilines is 1. The zero-order valence-electron chi connectivity index (χ0n) is 12.2. The molecule has 4 N–H and O–H groups in total. The number of hydrogen-bond acceptors (Lipinski definition) is 4. The number of rotatable bonds is 3. The molecule has 0 saturated carbocycles. The molecule has 1 heterocycles. The van der Waals surface area contributed by atoms with Crippen molar-refractivity contribution in [3.05, 3.63) is 30.3 Å². The Hall–Kier alpha value is -1.59. The number of hydrogen-bond donors (Lipinski definition) is 3. The lowest BCUT2D eigenvalue weighted by Gasteiger charge is -2.29. The van der Waals surface area contributed by atoms with E-state index in [-0.39, 0.29) is 5.92 Å². The number of carbonyl (C=O) groups is 1. The maximum Gasteiger partial charge on any atom is 0.320 e. The first-order valence-corrected chi connectivity index (χ1v) is 7.01. The highest BCUT2D eigenvalue weighted by atomic mass is 16.4. The Bertz CT molecular complexity index is 389. The topological polar surface area (TPSA) is 78.6 Å². The van der Waals surface area contributed by atoms with Gasteiger partial charge in [0.1, 0.15) is 6.04 Å². The molecular formula is C15H25N3O2. The molecule has 0 aromatic heterocycles. The summed E-state index contributed by atoms with van der Waals surface area (Å²) in [5, 5.41) is 11.6. The second kappa shape index (κ2) is 8.55. The molecule has 112 valence electrons. The molecule has 1 aliphatic heterocycles. The summed E-state index contributed by atoms with van der Waals surface area (Å²) in [4.78, 5) is 12.4. The predicted octanol–water partition coefficient (Wildman–Crippen LogP) is 1.15. The molecule has 1 aromatic carbocycles. The normalized spacial score (nSPS) is 16.3. The Morgan fingerprint density at radius 2 is 1.80 bits per heavy atom. The van der Waals surface area contributed by atoms with Crippen molar-refractivity contribution in [3.63, 3.8) is 0 Å². The molecule has 1 aromatic rings. The summed E-state index contributed by atoms with van der Waals surface area (Å²) in [5.74, 6) is -0.910. The summed E-state index contributed by atoms with van der Waals surface area (Å²) < 4.78 is 0. The van der Waals surface area contributed by atoms with E-state index < -0.39 is 12.0 Å². The third-order valence-corrected chi connectivity index (χ3v) is 3.24. The van der Waals surface area contributed by atoms with Crippen molar-refractivity contribution in [2.45, 2.75) is 19.9 Å². The van der Waals surface area contributed by atoms with Gasteiger partial charge in [-0.1, -0.05) is 32.0 Å². The quantitative estimate of drug-likeness (QED) is 0.773. The maximum atomic E-state index is 10.0. The monoisotopic (exact) mass is 279 g/mol. The number of carboxylic acid groups (broad SMARTS) is 1. The molecule has 0 bridgehead atoms. The van der Waals surface area contributed by atoms with Crippen molar-refractivity contribution in [1.82, 2.24) is 5.32 Å². The van der Waals surface area contributed by atoms with Gasteiger partial charge in [-0.3, -0.25) is 4.79 Å². The Morgan fingerprint density at radius 1 is 1.25 bits per heavy atom. The standard InChI is InChI=1S/C10H14N2.C5H11NO2/c1-2-4-10(5-3-1)12-8-6-11-7-9-12;1-3(2)4(6)5(7)8/h1-5,11H,6-9H2;3-4H,6H2,1-2H3,(H,7,8)/t;4-/m.0/s1. The minimum Gasteiger partial charge on any atom is -0.480 e. The molecule has 0 spiro atoms. The third-order valence-electron chi connectivity index (χ3n) is 3.24. The first kappa shape index (κ1) is 16.5. The molecule has 5 nitrogen and oxygen atoms in total. The number of nitrogens with two attached hydrogens (primary N) is 1. The first-order chi connectivity index (χ1) is 9.52. The van der Waals surface area contributed by atoms with E-state index in [0.717, 1.165) is 26.2 Å². The van der Waals surface area contributed by atoms with Crippen LogP contribution in [-0.2, 0) is 4.79 Å². The number of piperazine rings is 1. The zero-order chi connectivity index (χ0) is 15.0. The molecular weight excluding hydrogens is 254 g/mol. The molecule has 0 amide bonds. The van der Waals surface area contributed by atoms with Crippen LogP contribution in [0.25, 0.3) is 0 Å². The summed E-state index contributed by atoms with van der Waals surface area (Å²) in [7, 11) is 0. The number of para-hydroxylation sites is 1. The fraction of sp³-hybridized carbons (Fsp3) is 0.533. The second-order valence-corrected chi connectivity index (χ2v) is 5.18. The SMILES string of the molecule is CC(C)[C@H](N)C(=O)O.c1ccc(N2CCNCC2)cc1. The largest absolute Gasteiger partial charge is 0.480 e. The van der Waals surface area contributed by atoms with Crippen LogP contribution in [0.1, 0.15) is 13.8 Å². The molecule has 0 aliphatic carbocycles. The molecule has 1 fully saturated rings. The van der Waals surface area contributed by atoms with Gasteiger partial charge in [0.2, 0.25) is 0 Å². The van der Waals surface area contributed by atoms with Gasteiger partial charge in [-0.05, 0) is 18.1 Å². The first-order valence-electron chi connectivity index (χ1n) is 7.01. The fourth-order valence-corrected chi connectivity index (χ4v) is 1.85. The van der Waals surface area contributed by atoms with Gasteiger partial charge in [0.15, 0.2) is 0 Å². The van der Waals surface area contributed by atoms with E-state index in [4.69, 9.17) is 10.8 Å². The van der Waals surface area contributed by atoms with E-state index in [1.54, 1.807) is 13.8 Å². The van der Waals surface area contributed by atoms with Gasteiger partial charge in [-0.25, -0.2) is 0 Å². The van der Waals surface area contributed by atoms with Crippen molar-refractivity contribution in [1.29, 1.82) is 0 Å². The second-order valence-electron chi connectivity index (χ2n) is 5.18. The highest BCUT2D eigenvalue weighted by Gasteiger charge is 2.14. The Labute approximate surface area is 120 Å². The van der Waals surface area contributed by atoms with Crippen LogP contribution in [-0.4, -0.2) is 43.3 Å². The molecule has 2 rings (SSSR count). The van der Waals surface area contributed by atoms with E-state index in [1.807, 2.05) is 0 Å². The van der Waals surface area contributed by atoms with Crippen LogP contribution in [0, 0.1) is 5.92 Å². The number of nitrogens with one attached hydrogen (secondary N) is 1. The fourth-order valence-electron chi connectivity index (χ4n) is 1.85. The van der Waals surface area contributed by atoms with Crippen molar-refractivity contribution in [2.75, 3.05) is 31.1 Å². The van der Waals surface area contributed by atoms with Gasteiger partial charge in [0.05, 0.1) is 0 Å². The highest BCUT2D eigenvalue weighted by Crippen LogP contribution is 2.12. The highest BCUT2D eigenvalue weighted by molar-refractivity contribution is 5.73. The molecule has 0 unspecified atom stereocenters. The number of carboxylic acids is 1. The Kier molecular flexibility index (Phi) is 7.04. The van der Waals surface area contributed by atoms with Gasteiger partial charge in [-0.15, -0.1) is 0 Å². The van der Waals surface area contributed by atoms with Gasteiger partial charge in [0, 0.05) is 31.9 Å². The lowest BCUT2D eigenvalue weighted by Crippen LogP contribution is -2.43. The Morgan fingerprint density at radius 3 is 2.20 bits per heavy atom. The van der Waals surface area contributed by atoms with E-state index in [9.17, 15) is 4.79 Å². The minimum atomic E-state index is -0.931. The number of nitrogens with zero attached hydrogens (tertiary/aromatic N) is 1. The van der Waals surface area contributed by atoms with Crippen LogP contribution in [0.2, 0.25) is 0 Å². The molecule has 1 saturated heterocycles. The molecule has 1 atom stereocenters. The molecule has 1 aliphatic rings. The average molecular weight is 279 g/mol. The summed E-state index contributed by atoms with van der Waals surface area (Å²) in [6.07, 6.45) is 0.